The Morgan fingerprint density at radius 3 is 2.31 bits per heavy atom. The Kier molecular flexibility index (Phi) is 12.8. The van der Waals surface area contributed by atoms with Gasteiger partial charge >= 0.3 is 11.9 Å². The fourth-order valence-electron chi connectivity index (χ4n) is 12.1. The first kappa shape index (κ1) is 38.5. The van der Waals surface area contributed by atoms with Gasteiger partial charge in [-0.3, -0.25) is 4.79 Å². The molecule has 0 bridgehead atoms. The minimum Gasteiger partial charge on any atom is -0.462 e. The van der Waals surface area contributed by atoms with Crippen LogP contribution in [0.5, 0.6) is 0 Å². The summed E-state index contributed by atoms with van der Waals surface area (Å²) in [4.78, 5) is 26.1. The number of cyclic esters (lactones) is 1. The molecule has 0 spiro atoms. The first-order chi connectivity index (χ1) is 24.6. The number of rotatable bonds is 14. The fraction of sp³-hybridized carbons (Fsp3) is 0.778. The van der Waals surface area contributed by atoms with Gasteiger partial charge in [-0.15, -0.1) is 0 Å². The first-order valence-corrected chi connectivity index (χ1v) is 21.1. The highest BCUT2D eigenvalue weighted by Gasteiger charge is 2.71. The van der Waals surface area contributed by atoms with Crippen LogP contribution in [0.2, 0.25) is 0 Å². The largest absolute Gasteiger partial charge is 0.462 e. The molecule has 5 aliphatic rings. The molecule has 284 valence electrons. The van der Waals surface area contributed by atoms with Crippen LogP contribution in [0.15, 0.2) is 42.0 Å². The van der Waals surface area contributed by atoms with E-state index in [1.165, 1.54) is 44.1 Å². The summed E-state index contributed by atoms with van der Waals surface area (Å²) >= 11 is 0. The summed E-state index contributed by atoms with van der Waals surface area (Å²) in [5.41, 5.74) is 0.159. The van der Waals surface area contributed by atoms with Crippen molar-refractivity contribution in [3.8, 4) is 0 Å². The van der Waals surface area contributed by atoms with Crippen LogP contribution in [0.25, 0.3) is 0 Å². The van der Waals surface area contributed by atoms with E-state index in [0.29, 0.717) is 37.5 Å². The Hall–Kier alpha value is -2.18. The lowest BCUT2D eigenvalue weighted by molar-refractivity contribution is -0.302. The van der Waals surface area contributed by atoms with Crippen molar-refractivity contribution in [1.29, 1.82) is 0 Å². The van der Waals surface area contributed by atoms with Gasteiger partial charge in [0.1, 0.15) is 12.7 Å². The quantitative estimate of drug-likeness (QED) is 0.187. The minimum absolute atomic E-state index is 0.0395. The van der Waals surface area contributed by atoms with E-state index in [-0.39, 0.29) is 47.8 Å². The number of fused-ring (bicyclic) bond motifs is 1. The lowest BCUT2D eigenvalue weighted by Crippen LogP contribution is -2.73. The normalized spacial score (nSPS) is 35.5. The molecule has 4 saturated carbocycles. The maximum absolute atomic E-state index is 14.0. The van der Waals surface area contributed by atoms with E-state index >= 15 is 0 Å². The maximum Gasteiger partial charge on any atom is 0.331 e. The zero-order chi connectivity index (χ0) is 36.1. The van der Waals surface area contributed by atoms with Crippen molar-refractivity contribution < 1.29 is 29.3 Å². The molecule has 0 amide bonds. The second-order valence-corrected chi connectivity index (χ2v) is 18.1. The van der Waals surface area contributed by atoms with Crippen LogP contribution in [0.3, 0.4) is 0 Å². The number of aliphatic hydroxyl groups is 2. The van der Waals surface area contributed by atoms with E-state index in [2.05, 4.69) is 51.1 Å². The standard InChI is InChI=1S/C45H68O6/c1-32(15-13-19-34-17-7-4-8-18-34)16-14-26-44-39(46)25-27-43(3,37-22-11-6-12-23-37)41(44)38(51-42(48)36-20-9-5-10-21-36)29-33(2)45(44,49)28-24-35-30-40(47)50-31-35/h4,7-8,17-18,30,32-33,36-39,41,46,49H,5-6,9-16,19-29,31H2,1-3H3. The molecule has 4 aliphatic carbocycles. The van der Waals surface area contributed by atoms with Gasteiger partial charge in [0.2, 0.25) is 0 Å². The maximum atomic E-state index is 14.0. The highest BCUT2D eigenvalue weighted by molar-refractivity contribution is 5.85. The number of hydrogen-bond acceptors (Lipinski definition) is 6. The van der Waals surface area contributed by atoms with Gasteiger partial charge in [-0.05, 0) is 111 Å². The summed E-state index contributed by atoms with van der Waals surface area (Å²) in [5.74, 6) is 0.322. The minimum atomic E-state index is -1.18. The average molecular weight is 705 g/mol. The summed E-state index contributed by atoms with van der Waals surface area (Å²) < 4.78 is 12.1. The van der Waals surface area contributed by atoms with E-state index in [0.717, 1.165) is 76.2 Å². The SMILES string of the molecule is CC(CCCc1ccccc1)CCCC12C(O)CCC(C)(C3CCCCC3)C1C(OC(=O)C1CCCCC1)CC(C)C2(O)CCC1=CC(=O)OC1. The Balaban J connectivity index is 1.32. The van der Waals surface area contributed by atoms with Gasteiger partial charge in [-0.1, -0.05) is 109 Å². The van der Waals surface area contributed by atoms with Gasteiger partial charge in [0.25, 0.3) is 0 Å². The van der Waals surface area contributed by atoms with Crippen molar-refractivity contribution >= 4 is 11.9 Å². The Morgan fingerprint density at radius 2 is 1.63 bits per heavy atom. The molecule has 8 unspecified atom stereocenters. The van der Waals surface area contributed by atoms with Gasteiger partial charge in [-0.2, -0.15) is 0 Å². The van der Waals surface area contributed by atoms with Crippen LogP contribution in [0.1, 0.15) is 155 Å². The number of aliphatic hydroxyl groups excluding tert-OH is 1. The number of benzene rings is 1. The van der Waals surface area contributed by atoms with Crippen LogP contribution in [-0.4, -0.2) is 46.6 Å². The first-order valence-electron chi connectivity index (χ1n) is 21.1. The highest BCUT2D eigenvalue weighted by Crippen LogP contribution is 2.69. The molecule has 6 rings (SSSR count). The van der Waals surface area contributed by atoms with E-state index in [1.807, 2.05) is 0 Å². The summed E-state index contributed by atoms with van der Waals surface area (Å²) in [6.07, 6.45) is 21.1. The number of carbonyl (C=O) groups is 2. The predicted octanol–water partition coefficient (Wildman–Crippen LogP) is 9.69. The smallest absolute Gasteiger partial charge is 0.331 e. The number of hydrogen-bond donors (Lipinski definition) is 2. The third-order valence-electron chi connectivity index (χ3n) is 15.0. The number of ether oxygens (including phenoxy) is 2. The Morgan fingerprint density at radius 1 is 0.941 bits per heavy atom. The van der Waals surface area contributed by atoms with Crippen LogP contribution in [0.4, 0.5) is 0 Å². The third-order valence-corrected chi connectivity index (χ3v) is 15.0. The molecule has 1 aliphatic heterocycles. The zero-order valence-electron chi connectivity index (χ0n) is 32.1. The van der Waals surface area contributed by atoms with Gasteiger partial charge in [0, 0.05) is 17.4 Å². The van der Waals surface area contributed by atoms with Crippen LogP contribution >= 0.6 is 0 Å². The van der Waals surface area contributed by atoms with Crippen LogP contribution in [-0.2, 0) is 25.5 Å². The summed E-state index contributed by atoms with van der Waals surface area (Å²) in [5, 5.41) is 26.1. The Bertz CT molecular complexity index is 1330. The van der Waals surface area contributed by atoms with E-state index in [1.54, 1.807) is 6.08 Å². The summed E-state index contributed by atoms with van der Waals surface area (Å²) in [6.45, 7) is 7.22. The van der Waals surface area contributed by atoms with E-state index in [4.69, 9.17) is 9.47 Å². The predicted molar refractivity (Wildman–Crippen MR) is 202 cm³/mol. The topological polar surface area (TPSA) is 93.1 Å². The molecule has 51 heavy (non-hydrogen) atoms. The van der Waals surface area contributed by atoms with Gasteiger partial charge in [0.15, 0.2) is 0 Å². The molecule has 0 radical (unpaired) electrons. The second-order valence-electron chi connectivity index (χ2n) is 18.1. The number of carbonyl (C=O) groups excluding carboxylic acids is 2. The third kappa shape index (κ3) is 8.17. The molecule has 2 N–H and O–H groups in total. The number of esters is 2. The van der Waals surface area contributed by atoms with E-state index < -0.39 is 17.1 Å². The zero-order valence-corrected chi connectivity index (χ0v) is 32.1. The molecule has 1 aromatic carbocycles. The molecule has 4 fully saturated rings. The van der Waals surface area contributed by atoms with Gasteiger partial charge in [-0.25, -0.2) is 4.79 Å². The monoisotopic (exact) mass is 705 g/mol. The lowest BCUT2D eigenvalue weighted by Gasteiger charge is -2.69. The summed E-state index contributed by atoms with van der Waals surface area (Å²) in [7, 11) is 0. The van der Waals surface area contributed by atoms with Crippen LogP contribution in [0, 0.1) is 40.4 Å². The molecular formula is C45H68O6. The lowest BCUT2D eigenvalue weighted by atomic mass is 9.38. The average Bonchev–Trinajstić information content (AvgIpc) is 3.57. The van der Waals surface area contributed by atoms with Crippen molar-refractivity contribution in [3.63, 3.8) is 0 Å². The molecular weight excluding hydrogens is 636 g/mol. The van der Waals surface area contributed by atoms with Crippen molar-refractivity contribution in [2.75, 3.05) is 6.61 Å². The van der Waals surface area contributed by atoms with Crippen molar-refractivity contribution in [2.24, 2.45) is 40.4 Å². The number of aryl methyl sites for hydroxylation is 1. The van der Waals surface area contributed by atoms with Crippen LogP contribution < -0.4 is 0 Å². The van der Waals surface area contributed by atoms with E-state index in [9.17, 15) is 19.8 Å². The molecule has 6 nitrogen and oxygen atoms in total. The van der Waals surface area contributed by atoms with Crippen molar-refractivity contribution in [1.82, 2.24) is 0 Å². The second kappa shape index (κ2) is 16.9. The molecule has 0 saturated heterocycles. The van der Waals surface area contributed by atoms with Gasteiger partial charge < -0.3 is 19.7 Å². The van der Waals surface area contributed by atoms with Crippen molar-refractivity contribution in [2.45, 2.75) is 173 Å². The summed E-state index contributed by atoms with van der Waals surface area (Å²) in [6, 6.07) is 10.7. The molecule has 1 aromatic rings. The Labute approximate surface area is 308 Å². The molecule has 8 atom stereocenters. The highest BCUT2D eigenvalue weighted by atomic mass is 16.5. The molecule has 0 aromatic heterocycles. The van der Waals surface area contributed by atoms with Crippen molar-refractivity contribution in [3.05, 3.63) is 47.5 Å². The molecule has 1 heterocycles. The fourth-order valence-corrected chi connectivity index (χ4v) is 12.1. The van der Waals surface area contributed by atoms with Gasteiger partial charge in [0.05, 0.1) is 17.6 Å². The molecule has 6 heteroatoms.